The van der Waals surface area contributed by atoms with Crippen molar-refractivity contribution in [3.63, 3.8) is 0 Å². The molecule has 0 aliphatic carbocycles. The summed E-state index contributed by atoms with van der Waals surface area (Å²) in [4.78, 5) is 19.2. The number of likely N-dealkylation sites (tertiary alicyclic amines) is 1. The van der Waals surface area contributed by atoms with Crippen LogP contribution >= 0.6 is 0 Å². The van der Waals surface area contributed by atoms with Crippen LogP contribution in [-0.2, 0) is 6.42 Å². The molecule has 1 heterocycles. The Kier molecular flexibility index (Phi) is 7.03. The minimum absolute atomic E-state index is 0.129. The quantitative estimate of drug-likeness (QED) is 0.551. The monoisotopic (exact) mass is 363 g/mol. The molecule has 0 saturated carbocycles. The number of nitrogens with one attached hydrogen (secondary N) is 1. The number of benzene rings is 2. The second-order valence-electron chi connectivity index (χ2n) is 7.02. The smallest absolute Gasteiger partial charge is 0.253 e. The highest BCUT2D eigenvalue weighted by Gasteiger charge is 2.18. The summed E-state index contributed by atoms with van der Waals surface area (Å²) < 4.78 is 0. The molecule has 1 N–H and O–H groups in total. The van der Waals surface area contributed by atoms with Crippen LogP contribution in [0.4, 0.5) is 11.4 Å². The molecule has 2 aromatic rings. The van der Waals surface area contributed by atoms with E-state index in [0.29, 0.717) is 0 Å². The first-order valence-electron chi connectivity index (χ1n) is 9.95. The van der Waals surface area contributed by atoms with Crippen LogP contribution in [0.3, 0.4) is 0 Å². The van der Waals surface area contributed by atoms with Gasteiger partial charge in [-0.1, -0.05) is 30.3 Å². The van der Waals surface area contributed by atoms with Crippen LogP contribution in [0, 0.1) is 0 Å². The minimum Gasteiger partial charge on any atom is -0.386 e. The molecule has 0 aromatic heterocycles. The van der Waals surface area contributed by atoms with Gasteiger partial charge in [-0.2, -0.15) is 0 Å². The summed E-state index contributed by atoms with van der Waals surface area (Å²) >= 11 is 0. The first kappa shape index (κ1) is 19.2. The molecule has 142 valence electrons. The van der Waals surface area contributed by atoms with E-state index in [1.807, 2.05) is 42.4 Å². The molecular formula is C23H29N3O. The second-order valence-corrected chi connectivity index (χ2v) is 7.02. The zero-order valence-corrected chi connectivity index (χ0v) is 16.2. The van der Waals surface area contributed by atoms with Crippen molar-refractivity contribution in [1.82, 2.24) is 4.90 Å². The second kappa shape index (κ2) is 9.91. The third kappa shape index (κ3) is 5.43. The highest BCUT2D eigenvalue weighted by atomic mass is 16.2. The Bertz CT molecular complexity index is 764. The van der Waals surface area contributed by atoms with E-state index in [1.54, 1.807) is 0 Å². The van der Waals surface area contributed by atoms with Crippen molar-refractivity contribution >= 4 is 23.5 Å². The molecule has 1 aliphatic rings. The molecule has 0 bridgehead atoms. The average molecular weight is 364 g/mol. The Morgan fingerprint density at radius 2 is 1.89 bits per heavy atom. The van der Waals surface area contributed by atoms with Crippen LogP contribution in [0.25, 0.3) is 0 Å². The predicted molar refractivity (Wildman–Crippen MR) is 113 cm³/mol. The predicted octanol–water partition coefficient (Wildman–Crippen LogP) is 5.08. The van der Waals surface area contributed by atoms with E-state index in [-0.39, 0.29) is 5.91 Å². The lowest BCUT2D eigenvalue weighted by molar-refractivity contribution is 0.0724. The van der Waals surface area contributed by atoms with Gasteiger partial charge in [0.2, 0.25) is 0 Å². The summed E-state index contributed by atoms with van der Waals surface area (Å²) in [5.41, 5.74) is 3.89. The molecule has 27 heavy (non-hydrogen) atoms. The molecule has 4 heteroatoms. The largest absolute Gasteiger partial charge is 0.386 e. The van der Waals surface area contributed by atoms with Gasteiger partial charge in [0.1, 0.15) is 0 Å². The number of rotatable bonds is 7. The zero-order chi connectivity index (χ0) is 18.9. The molecule has 2 aromatic carbocycles. The number of piperidine rings is 1. The third-order valence-electron chi connectivity index (χ3n) is 5.03. The summed E-state index contributed by atoms with van der Waals surface area (Å²) in [6.07, 6.45) is 8.50. The maximum Gasteiger partial charge on any atom is 0.253 e. The van der Waals surface area contributed by atoms with Gasteiger partial charge in [-0.25, -0.2) is 0 Å². The van der Waals surface area contributed by atoms with E-state index >= 15 is 0 Å². The van der Waals surface area contributed by atoms with Gasteiger partial charge in [-0.05, 0) is 62.3 Å². The number of anilines is 1. The van der Waals surface area contributed by atoms with Crippen LogP contribution in [0.2, 0.25) is 0 Å². The number of aryl methyl sites for hydroxylation is 1. The molecule has 0 radical (unpaired) electrons. The molecule has 3 rings (SSSR count). The lowest BCUT2D eigenvalue weighted by atomic mass is 10.1. The molecule has 1 amide bonds. The lowest BCUT2D eigenvalue weighted by Crippen LogP contribution is -2.35. The number of carbonyl (C=O) groups is 1. The van der Waals surface area contributed by atoms with Gasteiger partial charge in [-0.3, -0.25) is 9.79 Å². The highest BCUT2D eigenvalue weighted by molar-refractivity contribution is 5.96. The van der Waals surface area contributed by atoms with E-state index in [9.17, 15) is 4.79 Å². The molecule has 0 atom stereocenters. The van der Waals surface area contributed by atoms with E-state index in [1.165, 1.54) is 12.0 Å². The fourth-order valence-corrected chi connectivity index (χ4v) is 3.47. The van der Waals surface area contributed by atoms with Crippen molar-refractivity contribution in [3.8, 4) is 0 Å². The number of hydrogen-bond acceptors (Lipinski definition) is 3. The van der Waals surface area contributed by atoms with Crippen LogP contribution in [0.5, 0.6) is 0 Å². The van der Waals surface area contributed by atoms with Gasteiger partial charge in [-0.15, -0.1) is 0 Å². The molecular weight excluding hydrogens is 334 g/mol. The van der Waals surface area contributed by atoms with E-state index < -0.39 is 0 Å². The normalized spacial score (nSPS) is 14.5. The minimum atomic E-state index is 0.129. The van der Waals surface area contributed by atoms with Crippen LogP contribution in [0.1, 0.15) is 48.0 Å². The molecule has 4 nitrogen and oxygen atoms in total. The SMILES string of the molecule is CNc1cc(C(=O)N2CCCCC2)ccc1N=CCCCc1ccccc1. The van der Waals surface area contributed by atoms with Crippen molar-refractivity contribution in [1.29, 1.82) is 0 Å². The summed E-state index contributed by atoms with van der Waals surface area (Å²) in [6.45, 7) is 1.74. The van der Waals surface area contributed by atoms with Crippen molar-refractivity contribution in [2.24, 2.45) is 4.99 Å². The lowest BCUT2D eigenvalue weighted by Gasteiger charge is -2.27. The fraction of sp³-hybridized carbons (Fsp3) is 0.391. The molecule has 1 saturated heterocycles. The van der Waals surface area contributed by atoms with Crippen LogP contribution in [0.15, 0.2) is 53.5 Å². The molecule has 0 spiro atoms. The van der Waals surface area contributed by atoms with Gasteiger partial charge in [0.15, 0.2) is 0 Å². The Labute approximate surface area is 162 Å². The Balaban J connectivity index is 1.57. The Morgan fingerprint density at radius 1 is 1.11 bits per heavy atom. The average Bonchev–Trinajstić information content (AvgIpc) is 2.74. The maximum absolute atomic E-state index is 12.7. The summed E-state index contributed by atoms with van der Waals surface area (Å²) in [7, 11) is 1.87. The van der Waals surface area contributed by atoms with E-state index in [2.05, 4.69) is 34.6 Å². The molecule has 1 aliphatic heterocycles. The maximum atomic E-state index is 12.7. The third-order valence-corrected chi connectivity index (χ3v) is 5.03. The number of hydrogen-bond donors (Lipinski definition) is 1. The number of aliphatic imine (C=N–C) groups is 1. The highest BCUT2D eigenvalue weighted by Crippen LogP contribution is 2.27. The van der Waals surface area contributed by atoms with Gasteiger partial charge in [0.05, 0.1) is 11.4 Å². The number of nitrogens with zero attached hydrogens (tertiary/aromatic N) is 2. The first-order chi connectivity index (χ1) is 13.3. The van der Waals surface area contributed by atoms with Crippen molar-refractivity contribution < 1.29 is 4.79 Å². The molecule has 0 unspecified atom stereocenters. The number of unbranched alkanes of at least 4 members (excludes halogenated alkanes) is 1. The summed E-state index contributed by atoms with van der Waals surface area (Å²) in [5.74, 6) is 0.129. The Hall–Kier alpha value is -2.62. The van der Waals surface area contributed by atoms with Crippen molar-refractivity contribution in [3.05, 3.63) is 59.7 Å². The Morgan fingerprint density at radius 3 is 2.63 bits per heavy atom. The van der Waals surface area contributed by atoms with Gasteiger partial charge in [0.25, 0.3) is 5.91 Å². The first-order valence-corrected chi connectivity index (χ1v) is 9.95. The van der Waals surface area contributed by atoms with Gasteiger partial charge in [0, 0.05) is 31.9 Å². The summed E-state index contributed by atoms with van der Waals surface area (Å²) in [5, 5.41) is 3.18. The van der Waals surface area contributed by atoms with Crippen molar-refractivity contribution in [2.45, 2.75) is 38.5 Å². The number of amides is 1. The van der Waals surface area contributed by atoms with Crippen LogP contribution < -0.4 is 5.32 Å². The fourth-order valence-electron chi connectivity index (χ4n) is 3.47. The number of carbonyl (C=O) groups excluding carboxylic acids is 1. The standard InChI is InChI=1S/C23H29N3O/c1-24-22-18-20(23(27)26-16-8-3-9-17-26)13-14-21(22)25-15-7-6-12-19-10-4-2-5-11-19/h2,4-5,10-11,13-15,18,24H,3,6-9,12,16-17H2,1H3. The van der Waals surface area contributed by atoms with Gasteiger partial charge < -0.3 is 10.2 Å². The van der Waals surface area contributed by atoms with Crippen LogP contribution in [-0.4, -0.2) is 37.2 Å². The van der Waals surface area contributed by atoms with Crippen molar-refractivity contribution in [2.75, 3.05) is 25.5 Å². The molecule has 1 fully saturated rings. The van der Waals surface area contributed by atoms with E-state index in [0.717, 1.165) is 62.1 Å². The van der Waals surface area contributed by atoms with Gasteiger partial charge >= 0.3 is 0 Å². The topological polar surface area (TPSA) is 44.7 Å². The van der Waals surface area contributed by atoms with E-state index in [4.69, 9.17) is 0 Å². The zero-order valence-electron chi connectivity index (χ0n) is 16.2. The summed E-state index contributed by atoms with van der Waals surface area (Å²) in [6, 6.07) is 16.3.